The number of aryl methyl sites for hydroxylation is 1. The van der Waals surface area contributed by atoms with Gasteiger partial charge in [-0.1, -0.05) is 103 Å². The molecule has 3 rings (SSSR count). The van der Waals surface area contributed by atoms with Crippen molar-refractivity contribution >= 4 is 12.2 Å². The molecule has 0 heterocycles. The Morgan fingerprint density at radius 1 is 0.750 bits per heavy atom. The highest BCUT2D eigenvalue weighted by Crippen LogP contribution is 2.22. The number of allylic oxidation sites excluding steroid dienone is 2. The van der Waals surface area contributed by atoms with Crippen LogP contribution < -0.4 is 0 Å². The Morgan fingerprint density at radius 3 is 1.89 bits per heavy atom. The van der Waals surface area contributed by atoms with E-state index in [1.165, 1.54) is 11.1 Å². The van der Waals surface area contributed by atoms with Gasteiger partial charge in [0.25, 0.3) is 0 Å². The van der Waals surface area contributed by atoms with Crippen molar-refractivity contribution in [1.82, 2.24) is 0 Å². The zero-order valence-corrected chi connectivity index (χ0v) is 16.4. The van der Waals surface area contributed by atoms with Crippen molar-refractivity contribution in [3.8, 4) is 0 Å². The lowest BCUT2D eigenvalue weighted by molar-refractivity contribution is 0.342. The number of benzene rings is 3. The lowest BCUT2D eigenvalue weighted by Gasteiger charge is -2.08. The minimum atomic E-state index is -0.964. The van der Waals surface area contributed by atoms with Gasteiger partial charge in [-0.3, -0.25) is 0 Å². The Kier molecular flexibility index (Phi) is 7.37. The average Bonchev–Trinajstić information content (AvgIpc) is 2.75. The zero-order chi connectivity index (χ0) is 19.6. The Bertz CT molecular complexity index is 887. The summed E-state index contributed by atoms with van der Waals surface area (Å²) in [6.45, 7) is 2.06. The molecule has 0 saturated heterocycles. The molecular weight excluding hydrogens is 343 g/mol. The molecule has 0 aromatic heterocycles. The molecular formula is C27H27F. The van der Waals surface area contributed by atoms with Gasteiger partial charge in [-0.2, -0.15) is 0 Å². The molecule has 0 aliphatic heterocycles. The van der Waals surface area contributed by atoms with Gasteiger partial charge in [0.2, 0.25) is 0 Å². The number of hydrogen-bond donors (Lipinski definition) is 0. The first-order valence-corrected chi connectivity index (χ1v) is 9.91. The smallest absolute Gasteiger partial charge is 0.129 e. The van der Waals surface area contributed by atoms with Gasteiger partial charge < -0.3 is 0 Å². The van der Waals surface area contributed by atoms with Gasteiger partial charge >= 0.3 is 0 Å². The third-order valence-corrected chi connectivity index (χ3v) is 4.84. The summed E-state index contributed by atoms with van der Waals surface area (Å²) in [5.41, 5.74) is 5.42. The van der Waals surface area contributed by atoms with E-state index in [2.05, 4.69) is 67.6 Å². The van der Waals surface area contributed by atoms with Crippen LogP contribution in [0.15, 0.2) is 91.0 Å². The normalized spacial score (nSPS) is 12.6. The number of rotatable bonds is 8. The molecule has 0 aliphatic carbocycles. The van der Waals surface area contributed by atoms with Gasteiger partial charge in [-0.15, -0.1) is 0 Å². The van der Waals surface area contributed by atoms with Crippen LogP contribution in [0.2, 0.25) is 0 Å². The third-order valence-electron chi connectivity index (χ3n) is 4.84. The van der Waals surface area contributed by atoms with Crippen molar-refractivity contribution in [1.29, 1.82) is 0 Å². The topological polar surface area (TPSA) is 0 Å². The van der Waals surface area contributed by atoms with Crippen molar-refractivity contribution < 1.29 is 4.39 Å². The van der Waals surface area contributed by atoms with E-state index >= 15 is 0 Å². The zero-order valence-electron chi connectivity index (χ0n) is 16.4. The summed E-state index contributed by atoms with van der Waals surface area (Å²) in [6, 6.07) is 26.2. The fourth-order valence-corrected chi connectivity index (χ4v) is 3.16. The summed E-state index contributed by atoms with van der Waals surface area (Å²) >= 11 is 0. The number of alkyl halides is 1. The standard InChI is InChI=1S/C27H27F/c1-2-3-5-8-22-11-13-23(14-12-22)15-16-24-17-19-25(20-18-24)21-27(28)26-9-6-4-7-10-26/h2-4,6-7,9-20,27H,5,8,21H2,1H3/t27-/m1/s1. The summed E-state index contributed by atoms with van der Waals surface area (Å²) in [4.78, 5) is 0. The molecule has 0 spiro atoms. The Labute approximate surface area is 168 Å². The minimum absolute atomic E-state index is 0.405. The van der Waals surface area contributed by atoms with E-state index in [-0.39, 0.29) is 0 Å². The van der Waals surface area contributed by atoms with Gasteiger partial charge in [-0.25, -0.2) is 4.39 Å². The van der Waals surface area contributed by atoms with E-state index in [9.17, 15) is 4.39 Å². The van der Waals surface area contributed by atoms with Crippen LogP contribution in [-0.2, 0) is 12.8 Å². The summed E-state index contributed by atoms with van der Waals surface area (Å²) in [7, 11) is 0. The van der Waals surface area contributed by atoms with Crippen LogP contribution in [0.3, 0.4) is 0 Å². The van der Waals surface area contributed by atoms with Crippen molar-refractivity contribution in [2.24, 2.45) is 0 Å². The summed E-state index contributed by atoms with van der Waals surface area (Å²) < 4.78 is 14.4. The van der Waals surface area contributed by atoms with E-state index in [0.717, 1.165) is 29.5 Å². The molecule has 1 heteroatoms. The van der Waals surface area contributed by atoms with Crippen LogP contribution in [0.25, 0.3) is 12.2 Å². The second kappa shape index (κ2) is 10.4. The predicted molar refractivity (Wildman–Crippen MR) is 119 cm³/mol. The van der Waals surface area contributed by atoms with Crippen molar-refractivity contribution in [3.05, 3.63) is 119 Å². The minimum Gasteiger partial charge on any atom is -0.242 e. The molecule has 1 atom stereocenters. The van der Waals surface area contributed by atoms with Crippen molar-refractivity contribution in [3.63, 3.8) is 0 Å². The first-order chi connectivity index (χ1) is 13.7. The molecule has 3 aromatic carbocycles. The predicted octanol–water partition coefficient (Wildman–Crippen LogP) is 7.62. The number of hydrogen-bond acceptors (Lipinski definition) is 0. The maximum absolute atomic E-state index is 14.4. The molecule has 0 saturated carbocycles. The van der Waals surface area contributed by atoms with Crippen molar-refractivity contribution in [2.45, 2.75) is 32.4 Å². The van der Waals surface area contributed by atoms with Crippen LogP contribution in [0.1, 0.15) is 47.3 Å². The molecule has 0 fully saturated rings. The summed E-state index contributed by atoms with van der Waals surface area (Å²) in [5.74, 6) is 0. The molecule has 0 unspecified atom stereocenters. The Morgan fingerprint density at radius 2 is 1.32 bits per heavy atom. The van der Waals surface area contributed by atoms with Crippen LogP contribution in [0.4, 0.5) is 4.39 Å². The lowest BCUT2D eigenvalue weighted by atomic mass is 10.0. The van der Waals surface area contributed by atoms with Crippen molar-refractivity contribution in [2.75, 3.05) is 0 Å². The molecule has 0 bridgehead atoms. The van der Waals surface area contributed by atoms with E-state index in [1.54, 1.807) is 0 Å². The molecule has 0 radical (unpaired) electrons. The maximum atomic E-state index is 14.4. The van der Waals surface area contributed by atoms with Gasteiger partial charge in [-0.05, 0) is 47.6 Å². The Hall–Kier alpha value is -2.93. The molecule has 0 N–H and O–H groups in total. The van der Waals surface area contributed by atoms with E-state index in [0.29, 0.717) is 6.42 Å². The van der Waals surface area contributed by atoms with E-state index < -0.39 is 6.17 Å². The molecule has 28 heavy (non-hydrogen) atoms. The fraction of sp³-hybridized carbons (Fsp3) is 0.185. The summed E-state index contributed by atoms with van der Waals surface area (Å²) in [6.07, 6.45) is 10.1. The van der Waals surface area contributed by atoms with Crippen LogP contribution in [0, 0.1) is 0 Å². The Balaban J connectivity index is 1.56. The highest BCUT2D eigenvalue weighted by Gasteiger charge is 2.09. The van der Waals surface area contributed by atoms with Crippen LogP contribution in [-0.4, -0.2) is 0 Å². The SMILES string of the molecule is CC=CCCc1ccc(C=Cc2ccc(C[C@@H](F)c3ccccc3)cc2)cc1. The monoisotopic (exact) mass is 370 g/mol. The van der Waals surface area contributed by atoms with Gasteiger partial charge in [0.05, 0.1) is 0 Å². The molecule has 142 valence electrons. The largest absolute Gasteiger partial charge is 0.242 e. The first kappa shape index (κ1) is 19.8. The quantitative estimate of drug-likeness (QED) is 0.282. The second-order valence-corrected chi connectivity index (χ2v) is 7.01. The van der Waals surface area contributed by atoms with E-state index in [1.807, 2.05) is 42.5 Å². The fourth-order valence-electron chi connectivity index (χ4n) is 3.16. The molecule has 0 amide bonds. The molecule has 0 nitrogen and oxygen atoms in total. The van der Waals surface area contributed by atoms with Crippen LogP contribution >= 0.6 is 0 Å². The highest BCUT2D eigenvalue weighted by atomic mass is 19.1. The number of halogens is 1. The molecule has 0 aliphatic rings. The third kappa shape index (κ3) is 6.06. The van der Waals surface area contributed by atoms with Gasteiger partial charge in [0.15, 0.2) is 0 Å². The highest BCUT2D eigenvalue weighted by molar-refractivity contribution is 5.69. The second-order valence-electron chi connectivity index (χ2n) is 7.01. The van der Waals surface area contributed by atoms with Crippen LogP contribution in [0.5, 0.6) is 0 Å². The van der Waals surface area contributed by atoms with Gasteiger partial charge in [0, 0.05) is 6.42 Å². The molecule has 3 aromatic rings. The lowest BCUT2D eigenvalue weighted by Crippen LogP contribution is -1.96. The average molecular weight is 371 g/mol. The maximum Gasteiger partial charge on any atom is 0.129 e. The summed E-state index contributed by atoms with van der Waals surface area (Å²) in [5, 5.41) is 0. The first-order valence-electron chi connectivity index (χ1n) is 9.91. The van der Waals surface area contributed by atoms with E-state index in [4.69, 9.17) is 0 Å². The van der Waals surface area contributed by atoms with Gasteiger partial charge in [0.1, 0.15) is 6.17 Å².